The first-order valence-corrected chi connectivity index (χ1v) is 8.21. The highest BCUT2D eigenvalue weighted by molar-refractivity contribution is 6.02. The molecule has 2 heterocycles. The summed E-state index contributed by atoms with van der Waals surface area (Å²) in [6.45, 7) is 2.20. The van der Waals surface area contributed by atoms with E-state index in [-0.39, 0.29) is 5.91 Å². The first-order chi connectivity index (χ1) is 12.1. The average Bonchev–Trinajstić information content (AvgIpc) is 3.14. The molecule has 2 unspecified atom stereocenters. The van der Waals surface area contributed by atoms with E-state index in [4.69, 9.17) is 8.83 Å². The molecule has 0 saturated heterocycles. The first-order valence-electron chi connectivity index (χ1n) is 8.21. The van der Waals surface area contributed by atoms with E-state index < -0.39 is 5.63 Å². The summed E-state index contributed by atoms with van der Waals surface area (Å²) in [5.41, 5.74) is 0.715. The van der Waals surface area contributed by atoms with E-state index in [9.17, 15) is 9.59 Å². The lowest BCUT2D eigenvalue weighted by atomic mass is 10.2. The van der Waals surface area contributed by atoms with Crippen LogP contribution in [0.15, 0.2) is 62.2 Å². The van der Waals surface area contributed by atoms with Crippen LogP contribution in [-0.2, 0) is 4.79 Å². The fourth-order valence-corrected chi connectivity index (χ4v) is 2.87. The second-order valence-electron chi connectivity index (χ2n) is 6.39. The maximum atomic E-state index is 12.1. The van der Waals surface area contributed by atoms with Gasteiger partial charge in [0, 0.05) is 29.1 Å². The Morgan fingerprint density at radius 2 is 2.00 bits per heavy atom. The van der Waals surface area contributed by atoms with Crippen molar-refractivity contribution in [1.82, 2.24) is 0 Å². The number of benzene rings is 1. The van der Waals surface area contributed by atoms with E-state index in [0.717, 1.165) is 11.1 Å². The number of amides is 1. The molecule has 2 atom stereocenters. The van der Waals surface area contributed by atoms with Crippen LogP contribution in [0.25, 0.3) is 17.0 Å². The lowest BCUT2D eigenvalue weighted by molar-refractivity contribution is -0.111. The zero-order chi connectivity index (χ0) is 17.4. The summed E-state index contributed by atoms with van der Waals surface area (Å²) in [6, 6.07) is 12.0. The Labute approximate surface area is 144 Å². The van der Waals surface area contributed by atoms with Gasteiger partial charge in [-0.05, 0) is 54.8 Å². The predicted octanol–water partition coefficient (Wildman–Crippen LogP) is 4.16. The Kier molecular flexibility index (Phi) is 3.76. The van der Waals surface area contributed by atoms with Crippen molar-refractivity contribution in [2.75, 3.05) is 5.32 Å². The number of nitrogens with one attached hydrogen (secondary N) is 1. The molecule has 1 saturated carbocycles. The van der Waals surface area contributed by atoms with Crippen molar-refractivity contribution in [2.24, 2.45) is 5.92 Å². The van der Waals surface area contributed by atoms with Crippen LogP contribution in [0.1, 0.15) is 30.8 Å². The Balaban J connectivity index is 1.43. The van der Waals surface area contributed by atoms with Gasteiger partial charge in [0.15, 0.2) is 0 Å². The number of hydrogen-bond acceptors (Lipinski definition) is 4. The van der Waals surface area contributed by atoms with Gasteiger partial charge in [-0.15, -0.1) is 0 Å². The maximum Gasteiger partial charge on any atom is 0.336 e. The van der Waals surface area contributed by atoms with Gasteiger partial charge in [-0.3, -0.25) is 4.79 Å². The molecule has 1 amide bonds. The van der Waals surface area contributed by atoms with Gasteiger partial charge < -0.3 is 14.2 Å². The van der Waals surface area contributed by atoms with Crippen LogP contribution in [0.3, 0.4) is 0 Å². The van der Waals surface area contributed by atoms with Gasteiger partial charge in [-0.25, -0.2) is 4.79 Å². The SMILES string of the molecule is CC1CC1c1ccc(C=CC(=O)Nc2ccc3oc(=O)ccc3c2)o1. The molecule has 1 aromatic carbocycles. The molecule has 5 nitrogen and oxygen atoms in total. The Morgan fingerprint density at radius 1 is 1.16 bits per heavy atom. The third-order valence-electron chi connectivity index (χ3n) is 4.41. The molecular formula is C20H17NO4. The summed E-state index contributed by atoms with van der Waals surface area (Å²) in [6.07, 6.45) is 4.26. The van der Waals surface area contributed by atoms with Gasteiger partial charge in [0.2, 0.25) is 5.91 Å². The van der Waals surface area contributed by atoms with Crippen molar-refractivity contribution in [2.45, 2.75) is 19.3 Å². The molecule has 0 aliphatic heterocycles. The molecule has 0 spiro atoms. The lowest BCUT2D eigenvalue weighted by Crippen LogP contribution is -2.07. The maximum absolute atomic E-state index is 12.1. The lowest BCUT2D eigenvalue weighted by Gasteiger charge is -2.03. The smallest absolute Gasteiger partial charge is 0.336 e. The molecule has 25 heavy (non-hydrogen) atoms. The Morgan fingerprint density at radius 3 is 2.80 bits per heavy atom. The predicted molar refractivity (Wildman–Crippen MR) is 95.4 cm³/mol. The first kappa shape index (κ1) is 15.4. The number of fused-ring (bicyclic) bond motifs is 1. The molecule has 2 aromatic heterocycles. The van der Waals surface area contributed by atoms with Gasteiger partial charge in [-0.1, -0.05) is 6.92 Å². The monoisotopic (exact) mass is 335 g/mol. The molecule has 126 valence electrons. The summed E-state index contributed by atoms with van der Waals surface area (Å²) < 4.78 is 10.8. The van der Waals surface area contributed by atoms with Crippen LogP contribution in [0.4, 0.5) is 5.69 Å². The van der Waals surface area contributed by atoms with Crippen LogP contribution < -0.4 is 10.9 Å². The minimum Gasteiger partial charge on any atom is -0.461 e. The highest BCUT2D eigenvalue weighted by Crippen LogP contribution is 2.47. The zero-order valence-electron chi connectivity index (χ0n) is 13.7. The van der Waals surface area contributed by atoms with E-state index in [1.807, 2.05) is 12.1 Å². The largest absolute Gasteiger partial charge is 0.461 e. The van der Waals surface area contributed by atoms with Gasteiger partial charge in [0.25, 0.3) is 0 Å². The summed E-state index contributed by atoms with van der Waals surface area (Å²) >= 11 is 0. The third-order valence-corrected chi connectivity index (χ3v) is 4.41. The topological polar surface area (TPSA) is 72.5 Å². The molecule has 1 N–H and O–H groups in total. The highest BCUT2D eigenvalue weighted by atomic mass is 16.4. The molecule has 0 radical (unpaired) electrons. The van der Waals surface area contributed by atoms with E-state index in [1.54, 1.807) is 30.3 Å². The molecule has 0 bridgehead atoms. The van der Waals surface area contributed by atoms with E-state index >= 15 is 0 Å². The Hall–Kier alpha value is -3.08. The summed E-state index contributed by atoms with van der Waals surface area (Å²) in [5.74, 6) is 2.61. The Bertz CT molecular complexity index is 1030. The van der Waals surface area contributed by atoms with E-state index in [1.165, 1.54) is 18.6 Å². The van der Waals surface area contributed by atoms with Crippen LogP contribution in [0.2, 0.25) is 0 Å². The van der Waals surface area contributed by atoms with Crippen molar-refractivity contribution >= 4 is 28.6 Å². The fraction of sp³-hybridized carbons (Fsp3) is 0.200. The second kappa shape index (κ2) is 6.09. The number of carbonyl (C=O) groups is 1. The third kappa shape index (κ3) is 3.40. The number of hydrogen-bond donors (Lipinski definition) is 1. The standard InChI is InChI=1S/C20H17NO4/c1-12-10-16(12)18-7-4-15(24-18)5-8-19(22)21-14-3-6-17-13(11-14)2-9-20(23)25-17/h2-9,11-12,16H,10H2,1H3,(H,21,22). The van der Waals surface area contributed by atoms with E-state index in [2.05, 4.69) is 12.2 Å². The summed E-state index contributed by atoms with van der Waals surface area (Å²) in [4.78, 5) is 23.2. The number of rotatable bonds is 4. The van der Waals surface area contributed by atoms with Gasteiger partial charge in [0.1, 0.15) is 17.1 Å². The molecule has 1 aliphatic carbocycles. The van der Waals surface area contributed by atoms with Gasteiger partial charge >= 0.3 is 5.63 Å². The van der Waals surface area contributed by atoms with Gasteiger partial charge in [-0.2, -0.15) is 0 Å². The molecule has 3 aromatic rings. The van der Waals surface area contributed by atoms with Crippen molar-refractivity contribution in [3.63, 3.8) is 0 Å². The fourth-order valence-electron chi connectivity index (χ4n) is 2.87. The van der Waals surface area contributed by atoms with Crippen molar-refractivity contribution in [1.29, 1.82) is 0 Å². The summed E-state index contributed by atoms with van der Waals surface area (Å²) in [7, 11) is 0. The molecule has 1 fully saturated rings. The molecule has 5 heteroatoms. The number of furan rings is 1. The van der Waals surface area contributed by atoms with Crippen LogP contribution in [0.5, 0.6) is 0 Å². The minimum absolute atomic E-state index is 0.255. The normalized spacial score (nSPS) is 19.4. The van der Waals surface area contributed by atoms with Crippen LogP contribution in [0, 0.1) is 5.92 Å². The number of anilines is 1. The van der Waals surface area contributed by atoms with E-state index in [0.29, 0.717) is 28.9 Å². The molecular weight excluding hydrogens is 318 g/mol. The quantitative estimate of drug-likeness (QED) is 0.574. The van der Waals surface area contributed by atoms with Gasteiger partial charge in [0.05, 0.1) is 0 Å². The van der Waals surface area contributed by atoms with Crippen LogP contribution >= 0.6 is 0 Å². The molecule has 1 aliphatic rings. The number of carbonyl (C=O) groups excluding carboxylic acids is 1. The van der Waals surface area contributed by atoms with Crippen molar-refractivity contribution < 1.29 is 13.6 Å². The highest BCUT2D eigenvalue weighted by Gasteiger charge is 2.36. The minimum atomic E-state index is -0.398. The van der Waals surface area contributed by atoms with Crippen molar-refractivity contribution in [3.05, 3.63) is 70.5 Å². The van der Waals surface area contributed by atoms with Crippen molar-refractivity contribution in [3.8, 4) is 0 Å². The zero-order valence-corrected chi connectivity index (χ0v) is 13.7. The summed E-state index contributed by atoms with van der Waals surface area (Å²) in [5, 5.41) is 3.53. The second-order valence-corrected chi connectivity index (χ2v) is 6.39. The molecule has 4 rings (SSSR count). The average molecular weight is 335 g/mol. The van der Waals surface area contributed by atoms with Crippen LogP contribution in [-0.4, -0.2) is 5.91 Å².